The lowest BCUT2D eigenvalue weighted by Gasteiger charge is -2.11. The van der Waals surface area contributed by atoms with Crippen molar-refractivity contribution >= 4 is 35.3 Å². The van der Waals surface area contributed by atoms with Crippen molar-refractivity contribution in [2.75, 3.05) is 35.7 Å². The van der Waals surface area contributed by atoms with Crippen LogP contribution in [0.25, 0.3) is 0 Å². The molecule has 132 valence electrons. The molecule has 0 amide bonds. The monoisotopic (exact) mass is 359 g/mol. The Morgan fingerprint density at radius 1 is 1.32 bits per heavy atom. The van der Waals surface area contributed by atoms with E-state index < -0.39 is 0 Å². The first-order valence-corrected chi connectivity index (χ1v) is 9.13. The Labute approximate surface area is 150 Å². The first-order valence-electron chi connectivity index (χ1n) is 8.15. The van der Waals surface area contributed by atoms with E-state index in [1.54, 1.807) is 30.8 Å². The van der Waals surface area contributed by atoms with Gasteiger partial charge in [-0.3, -0.25) is 0 Å². The average Bonchev–Trinajstić information content (AvgIpc) is 2.99. The summed E-state index contributed by atoms with van der Waals surface area (Å²) in [6, 6.07) is 7.47. The van der Waals surface area contributed by atoms with Gasteiger partial charge in [0.2, 0.25) is 5.95 Å². The second-order valence-electron chi connectivity index (χ2n) is 5.69. The second kappa shape index (κ2) is 7.60. The Balaban J connectivity index is 1.55. The highest BCUT2D eigenvalue weighted by Gasteiger charge is 2.27. The summed E-state index contributed by atoms with van der Waals surface area (Å²) >= 11 is 1.74. The van der Waals surface area contributed by atoms with Gasteiger partial charge in [0.15, 0.2) is 0 Å². The third kappa shape index (κ3) is 3.96. The van der Waals surface area contributed by atoms with Crippen LogP contribution in [0.3, 0.4) is 0 Å². The molecule has 1 unspecified atom stereocenters. The summed E-state index contributed by atoms with van der Waals surface area (Å²) in [5, 5.41) is 3.24. The predicted molar refractivity (Wildman–Crippen MR) is 99.8 cm³/mol. The van der Waals surface area contributed by atoms with E-state index >= 15 is 0 Å². The molecule has 3 rings (SSSR count). The van der Waals surface area contributed by atoms with E-state index in [0.29, 0.717) is 18.0 Å². The SMILES string of the molecule is CCOC(=O)c1ccc(SCCC2CNc3nc(N)nc(N)c32)cc1. The summed E-state index contributed by atoms with van der Waals surface area (Å²) in [5.74, 6) is 2.32. The van der Waals surface area contributed by atoms with Crippen LogP contribution in [-0.2, 0) is 4.74 Å². The summed E-state index contributed by atoms with van der Waals surface area (Å²) in [5.41, 5.74) is 13.2. The van der Waals surface area contributed by atoms with Gasteiger partial charge in [-0.2, -0.15) is 9.97 Å². The quantitative estimate of drug-likeness (QED) is 0.532. The van der Waals surface area contributed by atoms with Crippen molar-refractivity contribution < 1.29 is 9.53 Å². The molecular formula is C17H21N5O2S. The topological polar surface area (TPSA) is 116 Å². The molecule has 25 heavy (non-hydrogen) atoms. The van der Waals surface area contributed by atoms with Crippen LogP contribution in [0.4, 0.5) is 17.6 Å². The molecule has 0 saturated carbocycles. The molecule has 1 aliphatic heterocycles. The van der Waals surface area contributed by atoms with Crippen molar-refractivity contribution in [3.05, 3.63) is 35.4 Å². The first-order chi connectivity index (χ1) is 12.1. The summed E-state index contributed by atoms with van der Waals surface area (Å²) in [6.45, 7) is 2.97. The highest BCUT2D eigenvalue weighted by atomic mass is 32.2. The van der Waals surface area contributed by atoms with E-state index in [9.17, 15) is 4.79 Å². The molecular weight excluding hydrogens is 338 g/mol. The van der Waals surface area contributed by atoms with E-state index in [0.717, 1.165) is 35.0 Å². The normalized spacial score (nSPS) is 15.5. The van der Waals surface area contributed by atoms with Gasteiger partial charge in [0.05, 0.1) is 12.2 Å². The predicted octanol–water partition coefficient (Wildman–Crippen LogP) is 2.51. The zero-order chi connectivity index (χ0) is 17.8. The molecule has 0 saturated heterocycles. The minimum Gasteiger partial charge on any atom is -0.462 e. The third-order valence-electron chi connectivity index (χ3n) is 4.02. The van der Waals surface area contributed by atoms with Gasteiger partial charge in [0.1, 0.15) is 11.6 Å². The number of anilines is 3. The number of nitrogens with one attached hydrogen (secondary N) is 1. The zero-order valence-corrected chi connectivity index (χ0v) is 14.8. The number of nitrogen functional groups attached to an aromatic ring is 2. The molecule has 0 bridgehead atoms. The average molecular weight is 359 g/mol. The number of hydrogen-bond donors (Lipinski definition) is 3. The van der Waals surface area contributed by atoms with Crippen LogP contribution >= 0.6 is 11.8 Å². The van der Waals surface area contributed by atoms with E-state index in [2.05, 4.69) is 15.3 Å². The van der Waals surface area contributed by atoms with Gasteiger partial charge in [0.25, 0.3) is 0 Å². The standard InChI is InChI=1S/C17H21N5O2S/c1-2-24-16(23)10-3-5-12(6-4-10)25-8-7-11-9-20-15-13(11)14(18)21-17(19)22-15/h3-6,11H,2,7-9H2,1H3,(H5,18,19,20,21,22). The van der Waals surface area contributed by atoms with Gasteiger partial charge >= 0.3 is 5.97 Å². The maximum absolute atomic E-state index is 11.6. The Hall–Kier alpha value is -2.48. The number of nitrogens with two attached hydrogens (primary N) is 2. The van der Waals surface area contributed by atoms with Crippen molar-refractivity contribution in [3.63, 3.8) is 0 Å². The van der Waals surface area contributed by atoms with Crippen LogP contribution in [-0.4, -0.2) is 34.8 Å². The molecule has 1 aromatic heterocycles. The van der Waals surface area contributed by atoms with Crippen molar-refractivity contribution in [2.45, 2.75) is 24.2 Å². The number of aromatic nitrogens is 2. The lowest BCUT2D eigenvalue weighted by atomic mass is 10.0. The number of benzene rings is 1. The smallest absolute Gasteiger partial charge is 0.338 e. The largest absolute Gasteiger partial charge is 0.462 e. The number of thioether (sulfide) groups is 1. The van der Waals surface area contributed by atoms with Crippen LogP contribution in [0, 0.1) is 0 Å². The van der Waals surface area contributed by atoms with Gasteiger partial charge in [0, 0.05) is 22.9 Å². The Bertz CT molecular complexity index is 766. The zero-order valence-electron chi connectivity index (χ0n) is 14.0. The molecule has 1 aliphatic rings. The number of esters is 1. The van der Waals surface area contributed by atoms with Crippen LogP contribution in [0.1, 0.15) is 35.2 Å². The van der Waals surface area contributed by atoms with Crippen molar-refractivity contribution in [3.8, 4) is 0 Å². The van der Waals surface area contributed by atoms with Crippen LogP contribution in [0.15, 0.2) is 29.2 Å². The van der Waals surface area contributed by atoms with Crippen LogP contribution in [0.2, 0.25) is 0 Å². The fraction of sp³-hybridized carbons (Fsp3) is 0.353. The van der Waals surface area contributed by atoms with Crippen molar-refractivity contribution in [1.82, 2.24) is 9.97 Å². The van der Waals surface area contributed by atoms with E-state index in [-0.39, 0.29) is 17.8 Å². The summed E-state index contributed by atoms with van der Waals surface area (Å²) < 4.78 is 4.98. The molecule has 0 spiro atoms. The fourth-order valence-electron chi connectivity index (χ4n) is 2.83. The third-order valence-corrected chi connectivity index (χ3v) is 5.06. The molecule has 1 atom stereocenters. The first kappa shape index (κ1) is 17.3. The van der Waals surface area contributed by atoms with Crippen LogP contribution in [0.5, 0.6) is 0 Å². The summed E-state index contributed by atoms with van der Waals surface area (Å²) in [7, 11) is 0. The van der Waals surface area contributed by atoms with Crippen molar-refractivity contribution in [2.24, 2.45) is 0 Å². The number of fused-ring (bicyclic) bond motifs is 1. The van der Waals surface area contributed by atoms with Gasteiger partial charge in [-0.05, 0) is 43.4 Å². The molecule has 2 aromatic rings. The minimum atomic E-state index is -0.289. The highest BCUT2D eigenvalue weighted by Crippen LogP contribution is 2.37. The second-order valence-corrected chi connectivity index (χ2v) is 6.86. The van der Waals surface area contributed by atoms with E-state index in [1.165, 1.54) is 0 Å². The summed E-state index contributed by atoms with van der Waals surface area (Å²) in [6.07, 6.45) is 0.946. The maximum Gasteiger partial charge on any atom is 0.338 e. The van der Waals surface area contributed by atoms with Gasteiger partial charge < -0.3 is 21.5 Å². The van der Waals surface area contributed by atoms with Crippen molar-refractivity contribution in [1.29, 1.82) is 0 Å². The number of carbonyl (C=O) groups excluding carboxylic acids is 1. The highest BCUT2D eigenvalue weighted by molar-refractivity contribution is 7.99. The molecule has 0 fully saturated rings. The maximum atomic E-state index is 11.6. The summed E-state index contributed by atoms with van der Waals surface area (Å²) in [4.78, 5) is 21.0. The number of carbonyl (C=O) groups is 1. The molecule has 7 nitrogen and oxygen atoms in total. The number of hydrogen-bond acceptors (Lipinski definition) is 8. The molecule has 0 radical (unpaired) electrons. The molecule has 8 heteroatoms. The fourth-order valence-corrected chi connectivity index (χ4v) is 3.80. The lowest BCUT2D eigenvalue weighted by Crippen LogP contribution is -2.06. The van der Waals surface area contributed by atoms with Gasteiger partial charge in [-0.1, -0.05) is 0 Å². The minimum absolute atomic E-state index is 0.195. The Morgan fingerprint density at radius 2 is 2.08 bits per heavy atom. The number of rotatable bonds is 6. The molecule has 1 aromatic carbocycles. The number of ether oxygens (including phenoxy) is 1. The van der Waals surface area contributed by atoms with Crippen LogP contribution < -0.4 is 16.8 Å². The molecule has 0 aliphatic carbocycles. The lowest BCUT2D eigenvalue weighted by molar-refractivity contribution is 0.0526. The Kier molecular flexibility index (Phi) is 5.28. The molecule has 2 heterocycles. The Morgan fingerprint density at radius 3 is 2.80 bits per heavy atom. The van der Waals surface area contributed by atoms with Gasteiger partial charge in [-0.25, -0.2) is 4.79 Å². The van der Waals surface area contributed by atoms with Gasteiger partial charge in [-0.15, -0.1) is 11.8 Å². The van der Waals surface area contributed by atoms with E-state index in [1.807, 2.05) is 12.1 Å². The number of nitrogens with zero attached hydrogens (tertiary/aromatic N) is 2. The van der Waals surface area contributed by atoms with E-state index in [4.69, 9.17) is 16.2 Å². The molecule has 5 N–H and O–H groups in total.